The molecule has 2 aromatic heterocycles. The molecule has 1 saturated carbocycles. The molecule has 182 valence electrons. The normalized spacial score (nSPS) is 14.2. The average molecular weight is 493 g/mol. The maximum Gasteiger partial charge on any atom is 0.330 e. The minimum Gasteiger partial charge on any atom is -0.383 e. The highest BCUT2D eigenvalue weighted by Crippen LogP contribution is 2.31. The fourth-order valence-corrected chi connectivity index (χ4v) is 5.02. The first kappa shape index (κ1) is 24.0. The number of H-pyrrole nitrogens is 2. The number of halogens is 2. The van der Waals surface area contributed by atoms with Crippen molar-refractivity contribution >= 4 is 40.2 Å². The van der Waals surface area contributed by atoms with Crippen molar-refractivity contribution < 1.29 is 13.6 Å². The molecule has 34 heavy (non-hydrogen) atoms. The molecule has 0 radical (unpaired) electrons. The van der Waals surface area contributed by atoms with Crippen molar-refractivity contribution in [2.24, 2.45) is 0 Å². The molecule has 1 aliphatic rings. The number of nitrogens with two attached hydrogens (primary N) is 1. The monoisotopic (exact) mass is 492 g/mol. The number of carbonyl (C=O) groups excluding carboxylic acids is 1. The lowest BCUT2D eigenvalue weighted by Gasteiger charge is -2.29. The highest BCUT2D eigenvalue weighted by molar-refractivity contribution is 7.99. The molecule has 0 saturated heterocycles. The molecule has 4 N–H and O–H groups in total. The molecule has 4 rings (SSSR count). The number of imidazole rings is 1. The Morgan fingerprint density at radius 1 is 1.24 bits per heavy atom. The Labute approximate surface area is 197 Å². The molecule has 9 nitrogen and oxygen atoms in total. The van der Waals surface area contributed by atoms with E-state index in [1.165, 1.54) is 9.47 Å². The van der Waals surface area contributed by atoms with Gasteiger partial charge in [-0.3, -0.25) is 19.1 Å². The second kappa shape index (κ2) is 10.00. The van der Waals surface area contributed by atoms with Crippen molar-refractivity contribution in [2.45, 2.75) is 63.2 Å². The van der Waals surface area contributed by atoms with Crippen LogP contribution in [0.3, 0.4) is 0 Å². The molecule has 0 bridgehead atoms. The number of hydrogen-bond donors (Lipinski definition) is 3. The van der Waals surface area contributed by atoms with E-state index in [9.17, 15) is 23.2 Å². The third-order valence-corrected chi connectivity index (χ3v) is 6.84. The van der Waals surface area contributed by atoms with Gasteiger partial charge in [-0.15, -0.1) is 0 Å². The van der Waals surface area contributed by atoms with Crippen molar-refractivity contribution in [1.29, 1.82) is 0 Å². The van der Waals surface area contributed by atoms with Crippen LogP contribution in [-0.4, -0.2) is 37.2 Å². The van der Waals surface area contributed by atoms with Gasteiger partial charge in [0.05, 0.1) is 16.8 Å². The summed E-state index contributed by atoms with van der Waals surface area (Å²) in [6.45, 7) is 2.30. The van der Waals surface area contributed by atoms with Crippen molar-refractivity contribution in [3.8, 4) is 0 Å². The number of rotatable bonds is 8. The van der Waals surface area contributed by atoms with Gasteiger partial charge in [-0.2, -0.15) is 0 Å². The van der Waals surface area contributed by atoms with E-state index in [0.29, 0.717) is 36.5 Å². The summed E-state index contributed by atoms with van der Waals surface area (Å²) in [5, 5.41) is 0.314. The van der Waals surface area contributed by atoms with Crippen LogP contribution in [0.4, 0.5) is 20.3 Å². The van der Waals surface area contributed by atoms with Gasteiger partial charge in [0.2, 0.25) is 5.91 Å². The Balaban J connectivity index is 1.64. The fourth-order valence-electron chi connectivity index (χ4n) is 4.27. The van der Waals surface area contributed by atoms with Crippen LogP contribution in [0.5, 0.6) is 0 Å². The largest absolute Gasteiger partial charge is 0.383 e. The van der Waals surface area contributed by atoms with Crippen LogP contribution in [0.25, 0.3) is 11.0 Å². The summed E-state index contributed by atoms with van der Waals surface area (Å²) in [4.78, 5) is 49.3. The smallest absolute Gasteiger partial charge is 0.330 e. The van der Waals surface area contributed by atoms with Crippen LogP contribution >= 0.6 is 11.8 Å². The van der Waals surface area contributed by atoms with Gasteiger partial charge in [-0.05, 0) is 19.3 Å². The number of nitrogen functional groups attached to an aromatic ring is 1. The van der Waals surface area contributed by atoms with Gasteiger partial charge in [0.15, 0.2) is 22.5 Å². The number of thioether (sulfide) groups is 1. The number of aromatic amines is 2. The quantitative estimate of drug-likeness (QED) is 0.414. The van der Waals surface area contributed by atoms with Crippen molar-refractivity contribution in [3.05, 3.63) is 44.6 Å². The molecule has 0 spiro atoms. The first-order chi connectivity index (χ1) is 16.3. The number of amides is 1. The molecule has 1 amide bonds. The zero-order chi connectivity index (χ0) is 24.4. The molecule has 12 heteroatoms. The molecule has 1 aromatic carbocycles. The van der Waals surface area contributed by atoms with Gasteiger partial charge in [0, 0.05) is 24.7 Å². The predicted octanol–water partition coefficient (Wildman–Crippen LogP) is 3.14. The number of aromatic nitrogens is 4. The van der Waals surface area contributed by atoms with E-state index < -0.39 is 22.9 Å². The lowest BCUT2D eigenvalue weighted by Crippen LogP contribution is -2.46. The number of benzene rings is 1. The number of nitrogens with zero attached hydrogens (tertiary/aromatic N) is 3. The maximum atomic E-state index is 13.5. The van der Waals surface area contributed by atoms with E-state index in [-0.39, 0.29) is 34.7 Å². The maximum absolute atomic E-state index is 13.5. The highest BCUT2D eigenvalue weighted by Gasteiger charge is 2.32. The highest BCUT2D eigenvalue weighted by atomic mass is 32.2. The lowest BCUT2D eigenvalue weighted by atomic mass is 10.2. The minimum absolute atomic E-state index is 0.0121. The Bertz CT molecular complexity index is 1290. The number of nitrogens with one attached hydrogen (secondary N) is 2. The van der Waals surface area contributed by atoms with Gasteiger partial charge < -0.3 is 15.6 Å². The predicted molar refractivity (Wildman–Crippen MR) is 127 cm³/mol. The fraction of sp³-hybridized carbons (Fsp3) is 0.455. The van der Waals surface area contributed by atoms with Crippen LogP contribution in [0.1, 0.15) is 45.4 Å². The first-order valence-electron chi connectivity index (χ1n) is 11.2. The molecular weight excluding hydrogens is 466 g/mol. The Kier molecular flexibility index (Phi) is 7.05. The third kappa shape index (κ3) is 4.72. The molecule has 1 aliphatic carbocycles. The molecule has 1 fully saturated rings. The zero-order valence-corrected chi connectivity index (χ0v) is 19.5. The lowest BCUT2D eigenvalue weighted by molar-refractivity contribution is -0.116. The van der Waals surface area contributed by atoms with Gasteiger partial charge in [-0.25, -0.2) is 18.6 Å². The second-order valence-electron chi connectivity index (χ2n) is 8.31. The van der Waals surface area contributed by atoms with Crippen molar-refractivity contribution in [1.82, 2.24) is 19.5 Å². The Hall–Kier alpha value is -3.15. The van der Waals surface area contributed by atoms with Crippen LogP contribution < -0.4 is 21.9 Å². The number of hydrogen-bond acceptors (Lipinski definition) is 6. The molecule has 3 aromatic rings. The summed E-state index contributed by atoms with van der Waals surface area (Å²) in [6.07, 6.45) is 4.77. The minimum atomic E-state index is -1.01. The number of fused-ring (bicyclic) bond motifs is 1. The summed E-state index contributed by atoms with van der Waals surface area (Å²) in [5.74, 6) is -2.49. The van der Waals surface area contributed by atoms with Crippen LogP contribution in [0.2, 0.25) is 0 Å². The first-order valence-corrected chi connectivity index (χ1v) is 12.2. The van der Waals surface area contributed by atoms with E-state index in [4.69, 9.17) is 5.73 Å². The van der Waals surface area contributed by atoms with E-state index in [1.54, 1.807) is 0 Å². The van der Waals surface area contributed by atoms with Gasteiger partial charge in [-0.1, -0.05) is 37.9 Å². The van der Waals surface area contributed by atoms with Crippen molar-refractivity contribution in [3.63, 3.8) is 0 Å². The SMILES string of the molecule is CCCCn1c(N)c(N(C(=O)CSc2nc3cc(F)c(F)cc3[nH]2)C2CCCC2)c(=O)[nH]c1=O. The van der Waals surface area contributed by atoms with Gasteiger partial charge in [0.1, 0.15) is 5.82 Å². The Morgan fingerprint density at radius 2 is 1.94 bits per heavy atom. The summed E-state index contributed by atoms with van der Waals surface area (Å²) in [5.41, 5.74) is 5.51. The topological polar surface area (TPSA) is 130 Å². The molecule has 0 atom stereocenters. The number of anilines is 2. The third-order valence-electron chi connectivity index (χ3n) is 5.98. The van der Waals surface area contributed by atoms with Crippen LogP contribution in [0, 0.1) is 11.6 Å². The van der Waals surface area contributed by atoms with E-state index in [0.717, 1.165) is 43.2 Å². The zero-order valence-electron chi connectivity index (χ0n) is 18.7. The molecule has 2 heterocycles. The molecular formula is C22H26F2N6O3S. The standard InChI is InChI=1S/C22H26F2N6O3S/c1-2-3-8-29-19(25)18(20(32)28-22(29)33)30(12-6-4-5-7-12)17(31)11-34-21-26-15-9-13(23)14(24)10-16(15)27-21/h9-10,12H,2-8,11,25H2,1H3,(H,26,27)(H,28,32,33). The Morgan fingerprint density at radius 3 is 2.65 bits per heavy atom. The van der Waals surface area contributed by atoms with Gasteiger partial charge >= 0.3 is 5.69 Å². The summed E-state index contributed by atoms with van der Waals surface area (Å²) < 4.78 is 28.3. The van der Waals surface area contributed by atoms with Crippen LogP contribution in [-0.2, 0) is 11.3 Å². The summed E-state index contributed by atoms with van der Waals surface area (Å²) in [6, 6.07) is 1.78. The average Bonchev–Trinajstić information content (AvgIpc) is 3.45. The van der Waals surface area contributed by atoms with E-state index in [1.807, 2.05) is 6.92 Å². The summed E-state index contributed by atoms with van der Waals surface area (Å²) in [7, 11) is 0. The number of unbranched alkanes of at least 4 members (excludes halogenated alkanes) is 1. The van der Waals surface area contributed by atoms with Crippen molar-refractivity contribution in [2.75, 3.05) is 16.4 Å². The molecule has 0 aliphatic heterocycles. The van der Waals surface area contributed by atoms with Gasteiger partial charge in [0.25, 0.3) is 5.56 Å². The van der Waals surface area contributed by atoms with E-state index in [2.05, 4.69) is 15.0 Å². The van der Waals surface area contributed by atoms with E-state index >= 15 is 0 Å². The number of carbonyl (C=O) groups is 1. The second-order valence-corrected chi connectivity index (χ2v) is 9.28. The summed E-state index contributed by atoms with van der Waals surface area (Å²) >= 11 is 1.06. The molecule has 0 unspecified atom stereocenters. The van der Waals surface area contributed by atoms with Crippen LogP contribution in [0.15, 0.2) is 26.9 Å².